The van der Waals surface area contributed by atoms with Crippen LogP contribution in [0.4, 0.5) is 4.39 Å². The minimum atomic E-state index is -0.617. The number of benzene rings is 3. The third-order valence-electron chi connectivity index (χ3n) is 6.91. The number of aryl methyl sites for hydroxylation is 1. The maximum absolute atomic E-state index is 15.2. The van der Waals surface area contributed by atoms with Crippen LogP contribution in [-0.4, -0.2) is 41.5 Å². The molecule has 0 unspecified atom stereocenters. The lowest BCUT2D eigenvalue weighted by atomic mass is 10.0. The van der Waals surface area contributed by atoms with Crippen molar-refractivity contribution in [2.75, 3.05) is 20.3 Å². The molecule has 0 bridgehead atoms. The average Bonchev–Trinajstić information content (AvgIpc) is 3.20. The fourth-order valence-electron chi connectivity index (χ4n) is 4.94. The van der Waals surface area contributed by atoms with E-state index in [1.807, 2.05) is 11.5 Å². The number of fused-ring (bicyclic) bond motifs is 2. The number of rotatable bonds is 10. The molecule has 0 atom stereocenters. The topological polar surface area (TPSA) is 77.8 Å². The predicted molar refractivity (Wildman–Crippen MR) is 147 cm³/mol. The number of pyridine rings is 1. The monoisotopic (exact) mass is 528 g/mol. The summed E-state index contributed by atoms with van der Waals surface area (Å²) in [4.78, 5) is 40.2. The van der Waals surface area contributed by atoms with E-state index in [9.17, 15) is 14.4 Å². The van der Waals surface area contributed by atoms with Gasteiger partial charge in [0.1, 0.15) is 17.3 Å². The second kappa shape index (κ2) is 11.1. The number of carbonyl (C=O) groups is 2. The number of hydrogen-bond acceptors (Lipinski definition) is 5. The average molecular weight is 529 g/mol. The molecule has 5 rings (SSSR count). The number of amides is 2. The number of aromatic nitrogens is 1. The number of carbonyl (C=O) groups excluding carboxylic acids is 2. The van der Waals surface area contributed by atoms with Gasteiger partial charge in [0.25, 0.3) is 11.8 Å². The first kappa shape index (κ1) is 26.2. The summed E-state index contributed by atoms with van der Waals surface area (Å²) < 4.78 is 28.2. The normalized spacial score (nSPS) is 12.7. The number of hydrogen-bond donors (Lipinski definition) is 0. The minimum absolute atomic E-state index is 0.0303. The van der Waals surface area contributed by atoms with E-state index in [0.717, 1.165) is 6.42 Å². The lowest BCUT2D eigenvalue weighted by molar-refractivity contribution is 0.0651. The van der Waals surface area contributed by atoms with Crippen molar-refractivity contribution < 1.29 is 23.5 Å². The van der Waals surface area contributed by atoms with Gasteiger partial charge in [-0.05, 0) is 61.2 Å². The van der Waals surface area contributed by atoms with Crippen molar-refractivity contribution in [3.63, 3.8) is 0 Å². The van der Waals surface area contributed by atoms with E-state index in [1.165, 1.54) is 11.0 Å². The molecule has 39 heavy (non-hydrogen) atoms. The third-order valence-corrected chi connectivity index (χ3v) is 6.91. The van der Waals surface area contributed by atoms with Crippen molar-refractivity contribution in [3.05, 3.63) is 94.0 Å². The molecule has 0 saturated heterocycles. The Labute approximate surface area is 225 Å². The maximum Gasteiger partial charge on any atom is 0.261 e. The SMILES string of the molecule is CCCOc1ccc(F)c2c(=O)c(-c3ccc(OC)cc3)cn(CCCCN3C(=O)c4ccccc4C3=O)c12. The van der Waals surface area contributed by atoms with Crippen LogP contribution in [0.5, 0.6) is 11.5 Å². The van der Waals surface area contributed by atoms with Crippen molar-refractivity contribution in [2.45, 2.75) is 32.7 Å². The summed E-state index contributed by atoms with van der Waals surface area (Å²) in [5.74, 6) is -0.109. The number of methoxy groups -OCH3 is 1. The molecule has 0 fully saturated rings. The van der Waals surface area contributed by atoms with Gasteiger partial charge in [-0.25, -0.2) is 4.39 Å². The molecule has 0 radical (unpaired) electrons. The van der Waals surface area contributed by atoms with Gasteiger partial charge < -0.3 is 14.0 Å². The highest BCUT2D eigenvalue weighted by atomic mass is 19.1. The molecule has 1 aliphatic rings. The summed E-state index contributed by atoms with van der Waals surface area (Å²) >= 11 is 0. The fraction of sp³-hybridized carbons (Fsp3) is 0.258. The Morgan fingerprint density at radius 3 is 2.13 bits per heavy atom. The van der Waals surface area contributed by atoms with Gasteiger partial charge in [-0.15, -0.1) is 0 Å². The van der Waals surface area contributed by atoms with Crippen LogP contribution in [0, 0.1) is 5.82 Å². The quantitative estimate of drug-likeness (QED) is 0.195. The van der Waals surface area contributed by atoms with Crippen LogP contribution in [0.2, 0.25) is 0 Å². The second-order valence-electron chi connectivity index (χ2n) is 9.43. The highest BCUT2D eigenvalue weighted by Crippen LogP contribution is 2.30. The standard InChI is InChI=1S/C31H29FN2O5/c1-3-18-39-26-15-14-25(32)27-28(26)33(19-24(29(27)35)20-10-12-21(38-2)13-11-20)16-6-7-17-34-30(36)22-8-4-5-9-23(22)31(34)37/h4-5,8-15,19H,3,6-7,16-18H2,1-2H3. The van der Waals surface area contributed by atoms with E-state index in [4.69, 9.17) is 9.47 Å². The summed E-state index contributed by atoms with van der Waals surface area (Å²) in [5.41, 5.74) is 1.82. The molecule has 0 spiro atoms. The number of unbranched alkanes of at least 4 members (excludes halogenated alkanes) is 1. The lowest BCUT2D eigenvalue weighted by Crippen LogP contribution is -2.30. The largest absolute Gasteiger partial charge is 0.497 e. The number of nitrogens with zero attached hydrogens (tertiary/aromatic N) is 2. The zero-order chi connectivity index (χ0) is 27.5. The van der Waals surface area contributed by atoms with Crippen LogP contribution in [0.3, 0.4) is 0 Å². The summed E-state index contributed by atoms with van der Waals surface area (Å²) in [6, 6.07) is 16.7. The van der Waals surface area contributed by atoms with Crippen LogP contribution in [0.1, 0.15) is 46.9 Å². The summed E-state index contributed by atoms with van der Waals surface area (Å²) in [5, 5.41) is -0.0303. The first-order valence-corrected chi connectivity index (χ1v) is 13.0. The van der Waals surface area contributed by atoms with Gasteiger partial charge in [-0.2, -0.15) is 0 Å². The Bertz CT molecular complexity index is 1580. The Balaban J connectivity index is 1.46. The second-order valence-corrected chi connectivity index (χ2v) is 9.43. The van der Waals surface area contributed by atoms with Gasteiger partial charge >= 0.3 is 0 Å². The van der Waals surface area contributed by atoms with Gasteiger partial charge in [0.05, 0.1) is 35.7 Å². The van der Waals surface area contributed by atoms with E-state index in [2.05, 4.69) is 0 Å². The predicted octanol–water partition coefficient (Wildman–Crippen LogP) is 5.68. The van der Waals surface area contributed by atoms with Crippen molar-refractivity contribution in [1.82, 2.24) is 9.47 Å². The van der Waals surface area contributed by atoms with E-state index in [-0.39, 0.29) is 23.7 Å². The summed E-state index contributed by atoms with van der Waals surface area (Å²) in [7, 11) is 1.56. The molecule has 3 aromatic carbocycles. The molecule has 8 heteroatoms. The van der Waals surface area contributed by atoms with Crippen molar-refractivity contribution in [3.8, 4) is 22.6 Å². The fourth-order valence-corrected chi connectivity index (χ4v) is 4.94. The van der Waals surface area contributed by atoms with E-state index in [0.29, 0.717) is 65.3 Å². The van der Waals surface area contributed by atoms with E-state index in [1.54, 1.807) is 67.9 Å². The zero-order valence-corrected chi connectivity index (χ0v) is 21.9. The Kier molecular flexibility index (Phi) is 7.45. The maximum atomic E-state index is 15.2. The highest BCUT2D eigenvalue weighted by Gasteiger charge is 2.34. The summed E-state index contributed by atoms with van der Waals surface area (Å²) in [6.07, 6.45) is 3.61. The van der Waals surface area contributed by atoms with Crippen LogP contribution in [0.25, 0.3) is 22.0 Å². The first-order valence-electron chi connectivity index (χ1n) is 13.0. The van der Waals surface area contributed by atoms with Gasteiger partial charge in [-0.1, -0.05) is 31.2 Å². The minimum Gasteiger partial charge on any atom is -0.497 e. The molecular weight excluding hydrogens is 499 g/mol. The van der Waals surface area contributed by atoms with Crippen LogP contribution in [-0.2, 0) is 6.54 Å². The molecule has 2 heterocycles. The van der Waals surface area contributed by atoms with Crippen LogP contribution >= 0.6 is 0 Å². The highest BCUT2D eigenvalue weighted by molar-refractivity contribution is 6.21. The third kappa shape index (κ3) is 4.90. The van der Waals surface area contributed by atoms with Crippen LogP contribution < -0.4 is 14.9 Å². The lowest BCUT2D eigenvalue weighted by Gasteiger charge is -2.18. The molecule has 1 aromatic heterocycles. The molecule has 2 amide bonds. The molecule has 7 nitrogen and oxygen atoms in total. The molecule has 0 saturated carbocycles. The molecule has 200 valence electrons. The smallest absolute Gasteiger partial charge is 0.261 e. The van der Waals surface area contributed by atoms with E-state index >= 15 is 4.39 Å². The number of imide groups is 1. The Morgan fingerprint density at radius 2 is 1.49 bits per heavy atom. The van der Waals surface area contributed by atoms with Crippen LogP contribution in [0.15, 0.2) is 71.7 Å². The molecular formula is C31H29FN2O5. The number of ether oxygens (including phenoxy) is 2. The molecule has 0 aliphatic carbocycles. The van der Waals surface area contributed by atoms with Crippen molar-refractivity contribution >= 4 is 22.7 Å². The van der Waals surface area contributed by atoms with Gasteiger partial charge in [0.2, 0.25) is 0 Å². The van der Waals surface area contributed by atoms with Gasteiger partial charge in [0, 0.05) is 24.8 Å². The molecule has 1 aliphatic heterocycles. The van der Waals surface area contributed by atoms with Gasteiger partial charge in [-0.3, -0.25) is 19.3 Å². The first-order chi connectivity index (χ1) is 18.9. The summed E-state index contributed by atoms with van der Waals surface area (Å²) in [6.45, 7) is 3.09. The number of halogens is 1. The molecule has 0 N–H and O–H groups in total. The Hall–Kier alpha value is -4.46. The van der Waals surface area contributed by atoms with Crippen molar-refractivity contribution in [1.29, 1.82) is 0 Å². The molecule has 4 aromatic rings. The zero-order valence-electron chi connectivity index (χ0n) is 21.9. The van der Waals surface area contributed by atoms with Crippen molar-refractivity contribution in [2.24, 2.45) is 0 Å². The van der Waals surface area contributed by atoms with Gasteiger partial charge in [0.15, 0.2) is 5.43 Å². The van der Waals surface area contributed by atoms with E-state index < -0.39 is 11.2 Å². The Morgan fingerprint density at radius 1 is 0.821 bits per heavy atom.